The van der Waals surface area contributed by atoms with Gasteiger partial charge in [0, 0.05) is 49.7 Å². The van der Waals surface area contributed by atoms with Crippen LogP contribution in [0, 0.1) is 0 Å². The Morgan fingerprint density at radius 1 is 1.38 bits per heavy atom. The van der Waals surface area contributed by atoms with Crippen LogP contribution in [-0.4, -0.2) is 44.0 Å². The SMILES string of the molecule is Cn1cc2c(n1)CCCC2NC(=O)N1CCCC(c2ccn[nH]2)C1. The van der Waals surface area contributed by atoms with Crippen LogP contribution in [0.25, 0.3) is 0 Å². The van der Waals surface area contributed by atoms with E-state index in [1.807, 2.05) is 28.9 Å². The molecule has 1 aliphatic carbocycles. The van der Waals surface area contributed by atoms with Gasteiger partial charge in [-0.3, -0.25) is 9.78 Å². The highest BCUT2D eigenvalue weighted by atomic mass is 16.2. The van der Waals surface area contributed by atoms with Crippen molar-refractivity contribution >= 4 is 6.03 Å². The van der Waals surface area contributed by atoms with E-state index in [1.165, 1.54) is 5.56 Å². The third kappa shape index (κ3) is 2.90. The minimum atomic E-state index is 0.0425. The molecule has 3 heterocycles. The highest BCUT2D eigenvalue weighted by Gasteiger charge is 2.29. The van der Waals surface area contributed by atoms with Gasteiger partial charge in [0.15, 0.2) is 0 Å². The number of hydrogen-bond donors (Lipinski definition) is 2. The van der Waals surface area contributed by atoms with Gasteiger partial charge in [0.1, 0.15) is 0 Å². The maximum atomic E-state index is 12.8. The predicted octanol–water partition coefficient (Wildman–Crippen LogP) is 2.11. The molecular formula is C17H24N6O. The first-order valence-corrected chi connectivity index (χ1v) is 8.78. The molecule has 0 radical (unpaired) electrons. The summed E-state index contributed by atoms with van der Waals surface area (Å²) in [7, 11) is 1.94. The molecule has 2 aliphatic rings. The fourth-order valence-electron chi connectivity index (χ4n) is 3.97. The van der Waals surface area contributed by atoms with Crippen molar-refractivity contribution in [3.63, 3.8) is 0 Å². The second-order valence-electron chi connectivity index (χ2n) is 6.90. The molecule has 0 spiro atoms. The van der Waals surface area contributed by atoms with Gasteiger partial charge < -0.3 is 10.2 Å². The summed E-state index contributed by atoms with van der Waals surface area (Å²) >= 11 is 0. The molecule has 0 aromatic carbocycles. The molecule has 1 saturated heterocycles. The lowest BCUT2D eigenvalue weighted by Crippen LogP contribution is -2.46. The Morgan fingerprint density at radius 2 is 2.29 bits per heavy atom. The number of nitrogens with zero attached hydrogens (tertiary/aromatic N) is 4. The summed E-state index contributed by atoms with van der Waals surface area (Å²) in [5.74, 6) is 0.354. The Balaban J connectivity index is 1.43. The van der Waals surface area contributed by atoms with Crippen LogP contribution in [0.1, 0.15) is 54.6 Å². The molecule has 2 aromatic heterocycles. The van der Waals surface area contributed by atoms with Crippen molar-refractivity contribution in [2.45, 2.75) is 44.1 Å². The van der Waals surface area contributed by atoms with Gasteiger partial charge in [-0.15, -0.1) is 0 Å². The van der Waals surface area contributed by atoms with Crippen LogP contribution < -0.4 is 5.32 Å². The minimum Gasteiger partial charge on any atom is -0.331 e. The van der Waals surface area contributed by atoms with E-state index in [4.69, 9.17) is 0 Å². The number of hydrogen-bond acceptors (Lipinski definition) is 3. The Kier molecular flexibility index (Phi) is 4.00. The monoisotopic (exact) mass is 328 g/mol. The molecule has 7 nitrogen and oxygen atoms in total. The molecule has 1 aliphatic heterocycles. The van der Waals surface area contributed by atoms with E-state index in [9.17, 15) is 4.79 Å². The Morgan fingerprint density at radius 3 is 3.12 bits per heavy atom. The van der Waals surface area contributed by atoms with Gasteiger partial charge in [-0.05, 0) is 38.2 Å². The lowest BCUT2D eigenvalue weighted by atomic mass is 9.93. The Bertz CT molecular complexity index is 707. The van der Waals surface area contributed by atoms with Crippen LogP contribution in [0.5, 0.6) is 0 Å². The van der Waals surface area contributed by atoms with Gasteiger partial charge in [-0.25, -0.2) is 4.79 Å². The van der Waals surface area contributed by atoms with Crippen molar-refractivity contribution in [1.29, 1.82) is 0 Å². The number of aromatic nitrogens is 4. The van der Waals surface area contributed by atoms with Crippen molar-refractivity contribution in [2.75, 3.05) is 13.1 Å². The molecule has 2 atom stereocenters. The van der Waals surface area contributed by atoms with Crippen LogP contribution in [-0.2, 0) is 13.5 Å². The van der Waals surface area contributed by atoms with E-state index in [-0.39, 0.29) is 12.1 Å². The zero-order chi connectivity index (χ0) is 16.5. The molecule has 0 saturated carbocycles. The summed E-state index contributed by atoms with van der Waals surface area (Å²) in [6.07, 6.45) is 9.02. The van der Waals surface area contributed by atoms with Gasteiger partial charge in [-0.2, -0.15) is 10.2 Å². The van der Waals surface area contributed by atoms with Gasteiger partial charge in [0.05, 0.1) is 11.7 Å². The third-order valence-corrected chi connectivity index (χ3v) is 5.19. The molecule has 2 N–H and O–H groups in total. The summed E-state index contributed by atoms with van der Waals surface area (Å²) in [6, 6.07) is 2.14. The van der Waals surface area contributed by atoms with Crippen LogP contribution in [0.2, 0.25) is 0 Å². The van der Waals surface area contributed by atoms with Gasteiger partial charge in [0.2, 0.25) is 0 Å². The number of nitrogens with one attached hydrogen (secondary N) is 2. The molecule has 128 valence electrons. The summed E-state index contributed by atoms with van der Waals surface area (Å²) < 4.78 is 1.85. The first-order chi connectivity index (χ1) is 11.7. The second-order valence-corrected chi connectivity index (χ2v) is 6.90. The van der Waals surface area contributed by atoms with Crippen LogP contribution in [0.3, 0.4) is 0 Å². The average Bonchev–Trinajstić information content (AvgIpc) is 3.24. The van der Waals surface area contributed by atoms with Gasteiger partial charge in [-0.1, -0.05) is 0 Å². The summed E-state index contributed by atoms with van der Waals surface area (Å²) in [6.45, 7) is 1.57. The number of rotatable bonds is 2. The fourth-order valence-corrected chi connectivity index (χ4v) is 3.97. The lowest BCUT2D eigenvalue weighted by molar-refractivity contribution is 0.174. The number of aryl methyl sites for hydroxylation is 2. The molecule has 1 fully saturated rings. The molecule has 2 unspecified atom stereocenters. The highest BCUT2D eigenvalue weighted by Crippen LogP contribution is 2.30. The molecule has 0 bridgehead atoms. The number of carbonyl (C=O) groups is 1. The van der Waals surface area contributed by atoms with Gasteiger partial charge >= 0.3 is 6.03 Å². The van der Waals surface area contributed by atoms with E-state index >= 15 is 0 Å². The number of aromatic amines is 1. The van der Waals surface area contributed by atoms with Crippen LogP contribution in [0.4, 0.5) is 4.79 Å². The maximum Gasteiger partial charge on any atom is 0.317 e. The van der Waals surface area contributed by atoms with Crippen molar-refractivity contribution in [1.82, 2.24) is 30.2 Å². The second kappa shape index (κ2) is 6.30. The number of carbonyl (C=O) groups excluding carboxylic acids is 1. The Labute approximate surface area is 141 Å². The van der Waals surface area contributed by atoms with Crippen LogP contribution >= 0.6 is 0 Å². The topological polar surface area (TPSA) is 78.8 Å². The Hall–Kier alpha value is -2.31. The predicted molar refractivity (Wildman–Crippen MR) is 89.6 cm³/mol. The minimum absolute atomic E-state index is 0.0425. The number of piperidine rings is 1. The molecule has 2 amide bonds. The molecule has 4 rings (SSSR count). The summed E-state index contributed by atoms with van der Waals surface area (Å²) in [4.78, 5) is 14.7. The zero-order valence-electron chi connectivity index (χ0n) is 14.0. The van der Waals surface area contributed by atoms with E-state index in [0.29, 0.717) is 5.92 Å². The zero-order valence-corrected chi connectivity index (χ0v) is 14.0. The van der Waals surface area contributed by atoms with E-state index in [2.05, 4.69) is 20.6 Å². The van der Waals surface area contributed by atoms with E-state index < -0.39 is 0 Å². The van der Waals surface area contributed by atoms with E-state index in [0.717, 1.165) is 56.6 Å². The van der Waals surface area contributed by atoms with Crippen molar-refractivity contribution in [3.05, 3.63) is 35.4 Å². The number of fused-ring (bicyclic) bond motifs is 1. The standard InChI is InChI=1S/C17H24N6O/c1-22-11-13-15(5-2-6-16(13)21-22)19-17(24)23-9-3-4-12(10-23)14-7-8-18-20-14/h7-8,11-12,15H,2-6,9-10H2,1H3,(H,18,20)(H,19,24). The number of likely N-dealkylation sites (tertiary alicyclic amines) is 1. The largest absolute Gasteiger partial charge is 0.331 e. The lowest BCUT2D eigenvalue weighted by Gasteiger charge is -2.34. The average molecular weight is 328 g/mol. The van der Waals surface area contributed by atoms with Crippen molar-refractivity contribution in [2.24, 2.45) is 7.05 Å². The molecular weight excluding hydrogens is 304 g/mol. The van der Waals surface area contributed by atoms with Gasteiger partial charge in [0.25, 0.3) is 0 Å². The third-order valence-electron chi connectivity index (χ3n) is 5.19. The van der Waals surface area contributed by atoms with Crippen molar-refractivity contribution < 1.29 is 4.79 Å². The number of urea groups is 1. The summed E-state index contributed by atoms with van der Waals surface area (Å²) in [5, 5.41) is 14.8. The van der Waals surface area contributed by atoms with Crippen molar-refractivity contribution in [3.8, 4) is 0 Å². The normalized spacial score (nSPS) is 23.8. The quantitative estimate of drug-likeness (QED) is 0.886. The number of amides is 2. The first-order valence-electron chi connectivity index (χ1n) is 8.78. The fraction of sp³-hybridized carbons (Fsp3) is 0.588. The van der Waals surface area contributed by atoms with Crippen LogP contribution in [0.15, 0.2) is 18.5 Å². The summed E-state index contributed by atoms with van der Waals surface area (Å²) in [5.41, 5.74) is 3.43. The smallest absolute Gasteiger partial charge is 0.317 e. The molecule has 7 heteroatoms. The first kappa shape index (κ1) is 15.2. The number of H-pyrrole nitrogens is 1. The maximum absolute atomic E-state index is 12.8. The van der Waals surface area contributed by atoms with E-state index in [1.54, 1.807) is 6.20 Å². The molecule has 24 heavy (non-hydrogen) atoms. The molecule has 2 aromatic rings. The highest BCUT2D eigenvalue weighted by molar-refractivity contribution is 5.75.